The van der Waals surface area contributed by atoms with Gasteiger partial charge in [0.25, 0.3) is 0 Å². The Bertz CT molecular complexity index is 442. The molecule has 0 spiro atoms. The number of hydrogen-bond acceptors (Lipinski definition) is 2. The number of carboxylic acid groups (broad SMARTS) is 1. The Balaban J connectivity index is 2.48. The maximum atomic E-state index is 11.7. The molecule has 0 unspecified atom stereocenters. The number of allylic oxidation sites excluding steroid dienone is 1. The molecule has 4 heteroatoms. The highest BCUT2D eigenvalue weighted by Gasteiger charge is 2.15. The summed E-state index contributed by atoms with van der Waals surface area (Å²) in [6.07, 6.45) is 3.95. The van der Waals surface area contributed by atoms with Crippen LogP contribution in [0.3, 0.4) is 0 Å². The molecular formula is C16H21NO3. The van der Waals surface area contributed by atoms with Crippen LogP contribution >= 0.6 is 0 Å². The first-order chi connectivity index (χ1) is 9.61. The summed E-state index contributed by atoms with van der Waals surface area (Å²) in [5, 5.41) is 11.7. The monoisotopic (exact) mass is 275 g/mol. The first-order valence-corrected chi connectivity index (χ1v) is 6.77. The predicted molar refractivity (Wildman–Crippen MR) is 78.4 cm³/mol. The highest BCUT2D eigenvalue weighted by molar-refractivity contribution is 5.77. The number of carboxylic acids is 1. The molecule has 0 saturated heterocycles. The van der Waals surface area contributed by atoms with Gasteiger partial charge >= 0.3 is 5.97 Å². The van der Waals surface area contributed by atoms with Crippen molar-refractivity contribution >= 4 is 11.9 Å². The number of aliphatic carboxylic acids is 1. The summed E-state index contributed by atoms with van der Waals surface area (Å²) in [4.78, 5) is 22.5. The van der Waals surface area contributed by atoms with Gasteiger partial charge in [0.15, 0.2) is 0 Å². The lowest BCUT2D eigenvalue weighted by atomic mass is 10.0. The number of nitrogens with one attached hydrogen (secondary N) is 1. The molecule has 0 bridgehead atoms. The molecule has 0 aliphatic carbocycles. The van der Waals surface area contributed by atoms with Gasteiger partial charge in [0.2, 0.25) is 5.91 Å². The standard InChI is InChI=1S/C16H21NO3/c1-2-3-9-15(18)17-14(12-16(19)20)11-10-13-7-5-4-6-8-13/h2,4-8,14H,1,3,9-12H2,(H,17,18)(H,19,20)/t14-/m1/s1. The molecule has 1 amide bonds. The highest BCUT2D eigenvalue weighted by atomic mass is 16.4. The Morgan fingerprint density at radius 1 is 1.30 bits per heavy atom. The normalized spacial score (nSPS) is 11.6. The zero-order valence-electron chi connectivity index (χ0n) is 11.5. The highest BCUT2D eigenvalue weighted by Crippen LogP contribution is 2.08. The van der Waals surface area contributed by atoms with Crippen LogP contribution in [0, 0.1) is 0 Å². The maximum absolute atomic E-state index is 11.7. The van der Waals surface area contributed by atoms with Gasteiger partial charge in [-0.3, -0.25) is 9.59 Å². The van der Waals surface area contributed by atoms with E-state index in [4.69, 9.17) is 5.11 Å². The average Bonchev–Trinajstić information content (AvgIpc) is 2.43. The minimum Gasteiger partial charge on any atom is -0.481 e. The molecule has 0 radical (unpaired) electrons. The van der Waals surface area contributed by atoms with Crippen molar-refractivity contribution < 1.29 is 14.7 Å². The van der Waals surface area contributed by atoms with Gasteiger partial charge in [-0.05, 0) is 24.8 Å². The SMILES string of the molecule is C=CCCC(=O)N[C@H](CCc1ccccc1)CC(=O)O. The van der Waals surface area contributed by atoms with E-state index in [1.807, 2.05) is 30.3 Å². The maximum Gasteiger partial charge on any atom is 0.305 e. The molecule has 0 saturated carbocycles. The van der Waals surface area contributed by atoms with Crippen LogP contribution in [0.1, 0.15) is 31.2 Å². The van der Waals surface area contributed by atoms with Gasteiger partial charge in [0.05, 0.1) is 6.42 Å². The first kappa shape index (κ1) is 16.0. The number of aryl methyl sites for hydroxylation is 1. The summed E-state index contributed by atoms with van der Waals surface area (Å²) in [5.74, 6) is -1.02. The first-order valence-electron chi connectivity index (χ1n) is 6.77. The Morgan fingerprint density at radius 3 is 2.60 bits per heavy atom. The van der Waals surface area contributed by atoms with Gasteiger partial charge in [-0.2, -0.15) is 0 Å². The summed E-state index contributed by atoms with van der Waals surface area (Å²) in [7, 11) is 0. The van der Waals surface area contributed by atoms with Crippen LogP contribution < -0.4 is 5.32 Å². The summed E-state index contributed by atoms with van der Waals surface area (Å²) in [5.41, 5.74) is 1.14. The van der Waals surface area contributed by atoms with Crippen molar-refractivity contribution in [1.82, 2.24) is 5.32 Å². The molecule has 1 aromatic rings. The molecule has 108 valence electrons. The van der Waals surface area contributed by atoms with Crippen molar-refractivity contribution in [3.8, 4) is 0 Å². The Labute approximate surface area is 119 Å². The van der Waals surface area contributed by atoms with Gasteiger partial charge in [-0.15, -0.1) is 6.58 Å². The lowest BCUT2D eigenvalue weighted by Crippen LogP contribution is -2.36. The van der Waals surface area contributed by atoms with Gasteiger partial charge < -0.3 is 10.4 Å². The van der Waals surface area contributed by atoms with Crippen molar-refractivity contribution in [2.24, 2.45) is 0 Å². The van der Waals surface area contributed by atoms with Crippen molar-refractivity contribution in [3.05, 3.63) is 48.6 Å². The average molecular weight is 275 g/mol. The molecule has 2 N–H and O–H groups in total. The van der Waals surface area contributed by atoms with E-state index in [0.717, 1.165) is 12.0 Å². The van der Waals surface area contributed by atoms with Crippen molar-refractivity contribution in [2.75, 3.05) is 0 Å². The number of hydrogen-bond donors (Lipinski definition) is 2. The van der Waals surface area contributed by atoms with E-state index < -0.39 is 5.97 Å². The van der Waals surface area contributed by atoms with E-state index in [1.165, 1.54) is 0 Å². The number of amides is 1. The van der Waals surface area contributed by atoms with Crippen LogP contribution in [0.15, 0.2) is 43.0 Å². The van der Waals surface area contributed by atoms with Gasteiger partial charge in [-0.25, -0.2) is 0 Å². The molecule has 0 heterocycles. The van der Waals surface area contributed by atoms with E-state index in [0.29, 0.717) is 19.3 Å². The summed E-state index contributed by atoms with van der Waals surface area (Å²) in [6, 6.07) is 9.50. The van der Waals surface area contributed by atoms with Crippen LogP contribution in [0.4, 0.5) is 0 Å². The van der Waals surface area contributed by atoms with Crippen LogP contribution in [-0.2, 0) is 16.0 Å². The zero-order valence-corrected chi connectivity index (χ0v) is 11.5. The van der Waals surface area contributed by atoms with Crippen LogP contribution in [0.2, 0.25) is 0 Å². The summed E-state index contributed by atoms with van der Waals surface area (Å²) in [6.45, 7) is 3.56. The van der Waals surface area contributed by atoms with Crippen LogP contribution in [-0.4, -0.2) is 23.0 Å². The molecule has 20 heavy (non-hydrogen) atoms. The van der Waals surface area contributed by atoms with E-state index in [-0.39, 0.29) is 18.4 Å². The van der Waals surface area contributed by atoms with E-state index in [2.05, 4.69) is 11.9 Å². The molecule has 1 atom stereocenters. The van der Waals surface area contributed by atoms with Crippen molar-refractivity contribution in [1.29, 1.82) is 0 Å². The third kappa shape index (κ3) is 6.73. The second-order valence-corrected chi connectivity index (χ2v) is 4.71. The molecule has 1 aromatic carbocycles. The number of carbonyl (C=O) groups excluding carboxylic acids is 1. The number of benzene rings is 1. The summed E-state index contributed by atoms with van der Waals surface area (Å²) >= 11 is 0. The second-order valence-electron chi connectivity index (χ2n) is 4.71. The zero-order chi connectivity index (χ0) is 14.8. The third-order valence-electron chi connectivity index (χ3n) is 2.99. The third-order valence-corrected chi connectivity index (χ3v) is 2.99. The van der Waals surface area contributed by atoms with Crippen molar-refractivity contribution in [2.45, 2.75) is 38.1 Å². The Hall–Kier alpha value is -2.10. The lowest BCUT2D eigenvalue weighted by molar-refractivity contribution is -0.137. The molecule has 4 nitrogen and oxygen atoms in total. The minimum absolute atomic E-state index is 0.0489. The molecule has 0 aliphatic rings. The van der Waals surface area contributed by atoms with Crippen LogP contribution in [0.25, 0.3) is 0 Å². The van der Waals surface area contributed by atoms with Crippen LogP contribution in [0.5, 0.6) is 0 Å². The minimum atomic E-state index is -0.896. The van der Waals surface area contributed by atoms with E-state index >= 15 is 0 Å². The number of rotatable bonds is 9. The molecule has 0 fully saturated rings. The fourth-order valence-electron chi connectivity index (χ4n) is 1.95. The predicted octanol–water partition coefficient (Wildman–Crippen LogP) is 2.54. The summed E-state index contributed by atoms with van der Waals surface area (Å²) < 4.78 is 0. The molecule has 0 aliphatic heterocycles. The Kier molecular flexibility index (Phi) is 7.11. The molecule has 1 rings (SSSR count). The Morgan fingerprint density at radius 2 is 2.00 bits per heavy atom. The topological polar surface area (TPSA) is 66.4 Å². The van der Waals surface area contributed by atoms with Gasteiger partial charge in [-0.1, -0.05) is 36.4 Å². The van der Waals surface area contributed by atoms with Gasteiger partial charge in [0.1, 0.15) is 0 Å². The second kappa shape index (κ2) is 8.91. The molecular weight excluding hydrogens is 254 g/mol. The van der Waals surface area contributed by atoms with Crippen molar-refractivity contribution in [3.63, 3.8) is 0 Å². The smallest absolute Gasteiger partial charge is 0.305 e. The quantitative estimate of drug-likeness (QED) is 0.681. The fourth-order valence-corrected chi connectivity index (χ4v) is 1.95. The number of carbonyl (C=O) groups is 2. The largest absolute Gasteiger partial charge is 0.481 e. The fraction of sp³-hybridized carbons (Fsp3) is 0.375. The molecule has 0 aromatic heterocycles. The van der Waals surface area contributed by atoms with E-state index in [1.54, 1.807) is 6.08 Å². The van der Waals surface area contributed by atoms with Gasteiger partial charge in [0, 0.05) is 12.5 Å². The van der Waals surface area contributed by atoms with E-state index in [9.17, 15) is 9.59 Å². The lowest BCUT2D eigenvalue weighted by Gasteiger charge is -2.16.